The van der Waals surface area contributed by atoms with Crippen LogP contribution in [0.5, 0.6) is 17.2 Å². The van der Waals surface area contributed by atoms with E-state index in [2.05, 4.69) is 0 Å². The molecule has 0 aliphatic carbocycles. The van der Waals surface area contributed by atoms with Crippen LogP contribution in [-0.4, -0.2) is 24.5 Å². The lowest BCUT2D eigenvalue weighted by atomic mass is 10.1. The summed E-state index contributed by atoms with van der Waals surface area (Å²) in [6.45, 7) is 0.0326. The molecule has 28 heavy (non-hydrogen) atoms. The van der Waals surface area contributed by atoms with Crippen LogP contribution in [0.1, 0.15) is 10.4 Å². The summed E-state index contributed by atoms with van der Waals surface area (Å²) in [6, 6.07) is 23.3. The third-order valence-electron chi connectivity index (χ3n) is 4.42. The lowest BCUT2D eigenvalue weighted by molar-refractivity contribution is -0.124. The fraction of sp³-hybridized carbons (Fsp3) is 0.0909. The number of ether oxygens (including phenoxy) is 2. The molecule has 2 N–H and O–H groups in total. The van der Waals surface area contributed by atoms with E-state index in [0.29, 0.717) is 28.5 Å². The Morgan fingerprint density at radius 1 is 0.929 bits per heavy atom. The van der Waals surface area contributed by atoms with Crippen molar-refractivity contribution in [2.75, 3.05) is 11.4 Å². The monoisotopic (exact) mass is 374 g/mol. The number of carbonyl (C=O) groups excluding carboxylic acids is 2. The van der Waals surface area contributed by atoms with Gasteiger partial charge in [0.15, 0.2) is 6.10 Å². The van der Waals surface area contributed by atoms with Crippen molar-refractivity contribution < 1.29 is 19.1 Å². The van der Waals surface area contributed by atoms with Crippen LogP contribution in [0, 0.1) is 0 Å². The molecule has 1 aliphatic heterocycles. The van der Waals surface area contributed by atoms with Crippen LogP contribution in [0.3, 0.4) is 0 Å². The molecule has 0 unspecified atom stereocenters. The highest BCUT2D eigenvalue weighted by Gasteiger charge is 2.34. The number of para-hydroxylation sites is 4. The highest BCUT2D eigenvalue weighted by Crippen LogP contribution is 2.35. The van der Waals surface area contributed by atoms with Gasteiger partial charge in [0.25, 0.3) is 11.8 Å². The van der Waals surface area contributed by atoms with Gasteiger partial charge in [-0.3, -0.25) is 9.59 Å². The number of rotatable bonds is 4. The Hall–Kier alpha value is -3.80. The van der Waals surface area contributed by atoms with Gasteiger partial charge in [0.05, 0.1) is 17.8 Å². The van der Waals surface area contributed by atoms with Crippen molar-refractivity contribution in [3.8, 4) is 17.2 Å². The number of carbonyl (C=O) groups is 2. The van der Waals surface area contributed by atoms with Gasteiger partial charge >= 0.3 is 0 Å². The third kappa shape index (κ3) is 3.40. The van der Waals surface area contributed by atoms with Gasteiger partial charge in [-0.25, -0.2) is 0 Å². The summed E-state index contributed by atoms with van der Waals surface area (Å²) in [4.78, 5) is 26.6. The number of benzene rings is 3. The molecule has 1 heterocycles. The molecule has 0 spiro atoms. The number of fused-ring (bicyclic) bond motifs is 1. The number of amides is 2. The standard InChI is InChI=1S/C22H18N2O4/c23-21(25)20-14-24(17-11-5-7-13-19(17)28-20)22(26)16-10-4-6-12-18(16)27-15-8-2-1-3-9-15/h1-13,20H,14H2,(H2,23,25)/t20-/m1/s1. The van der Waals surface area contributed by atoms with Crippen LogP contribution in [0.25, 0.3) is 0 Å². The first-order valence-electron chi connectivity index (χ1n) is 8.82. The van der Waals surface area contributed by atoms with E-state index in [1.807, 2.05) is 30.3 Å². The molecule has 1 atom stereocenters. The van der Waals surface area contributed by atoms with Gasteiger partial charge < -0.3 is 20.1 Å². The predicted octanol–water partition coefficient (Wildman–Crippen LogP) is 3.37. The van der Waals surface area contributed by atoms with E-state index in [9.17, 15) is 9.59 Å². The summed E-state index contributed by atoms with van der Waals surface area (Å²) in [5, 5.41) is 0. The minimum Gasteiger partial charge on any atom is -0.477 e. The number of nitrogens with two attached hydrogens (primary N) is 1. The van der Waals surface area contributed by atoms with Crippen LogP contribution < -0.4 is 20.1 Å². The van der Waals surface area contributed by atoms with Gasteiger partial charge in [-0.05, 0) is 36.4 Å². The Kier molecular flexibility index (Phi) is 4.68. The van der Waals surface area contributed by atoms with E-state index in [0.717, 1.165) is 0 Å². The van der Waals surface area contributed by atoms with Crippen molar-refractivity contribution >= 4 is 17.5 Å². The molecule has 0 saturated carbocycles. The fourth-order valence-electron chi connectivity index (χ4n) is 3.07. The summed E-state index contributed by atoms with van der Waals surface area (Å²) >= 11 is 0. The number of nitrogens with zero attached hydrogens (tertiary/aromatic N) is 1. The fourth-order valence-corrected chi connectivity index (χ4v) is 3.07. The molecule has 6 heteroatoms. The lowest BCUT2D eigenvalue weighted by Crippen LogP contribution is -2.49. The number of hydrogen-bond donors (Lipinski definition) is 1. The first kappa shape index (κ1) is 17.6. The predicted molar refractivity (Wildman–Crippen MR) is 105 cm³/mol. The molecular weight excluding hydrogens is 356 g/mol. The molecule has 140 valence electrons. The SMILES string of the molecule is NC(=O)[C@H]1CN(C(=O)c2ccccc2Oc2ccccc2)c2ccccc2O1. The highest BCUT2D eigenvalue weighted by molar-refractivity contribution is 6.09. The largest absolute Gasteiger partial charge is 0.477 e. The summed E-state index contributed by atoms with van der Waals surface area (Å²) in [5.74, 6) is 0.570. The minimum absolute atomic E-state index is 0.0326. The average Bonchev–Trinajstić information content (AvgIpc) is 2.73. The molecule has 0 saturated heterocycles. The van der Waals surface area contributed by atoms with Gasteiger partial charge in [0.1, 0.15) is 17.2 Å². The molecule has 0 radical (unpaired) electrons. The average molecular weight is 374 g/mol. The van der Waals surface area contributed by atoms with Crippen molar-refractivity contribution in [2.45, 2.75) is 6.10 Å². The highest BCUT2D eigenvalue weighted by atomic mass is 16.5. The quantitative estimate of drug-likeness (QED) is 0.759. The summed E-state index contributed by atoms with van der Waals surface area (Å²) in [6.07, 6.45) is -0.916. The maximum atomic E-state index is 13.4. The van der Waals surface area contributed by atoms with Gasteiger partial charge in [-0.2, -0.15) is 0 Å². The molecule has 6 nitrogen and oxygen atoms in total. The Balaban J connectivity index is 1.71. The molecule has 1 aliphatic rings. The Morgan fingerprint density at radius 3 is 2.39 bits per heavy atom. The zero-order valence-electron chi connectivity index (χ0n) is 14.9. The Bertz CT molecular complexity index is 1020. The number of primary amides is 1. The zero-order chi connectivity index (χ0) is 19.5. The molecule has 4 rings (SSSR count). The van der Waals surface area contributed by atoms with Crippen LogP contribution in [0.4, 0.5) is 5.69 Å². The summed E-state index contributed by atoms with van der Waals surface area (Å²) < 4.78 is 11.5. The minimum atomic E-state index is -0.916. The Labute approximate surface area is 162 Å². The molecule has 2 amide bonds. The zero-order valence-corrected chi connectivity index (χ0v) is 14.9. The normalized spacial score (nSPS) is 15.3. The van der Waals surface area contributed by atoms with Gasteiger partial charge in [-0.1, -0.05) is 42.5 Å². The van der Waals surface area contributed by atoms with Gasteiger partial charge in [0, 0.05) is 0 Å². The van der Waals surface area contributed by atoms with E-state index in [1.165, 1.54) is 4.90 Å². The van der Waals surface area contributed by atoms with Crippen LogP contribution in [0.2, 0.25) is 0 Å². The van der Waals surface area contributed by atoms with Crippen molar-refractivity contribution in [3.63, 3.8) is 0 Å². The summed E-state index contributed by atoms with van der Waals surface area (Å²) in [5.41, 5.74) is 6.39. The van der Waals surface area contributed by atoms with Gasteiger partial charge in [-0.15, -0.1) is 0 Å². The molecule has 0 fully saturated rings. The maximum absolute atomic E-state index is 13.4. The van der Waals surface area contributed by atoms with Crippen molar-refractivity contribution in [1.82, 2.24) is 0 Å². The molecular formula is C22H18N2O4. The van der Waals surface area contributed by atoms with E-state index < -0.39 is 12.0 Å². The smallest absolute Gasteiger partial charge is 0.262 e. The van der Waals surface area contributed by atoms with Crippen molar-refractivity contribution in [2.24, 2.45) is 5.73 Å². The van der Waals surface area contributed by atoms with E-state index in [1.54, 1.807) is 48.5 Å². The van der Waals surface area contributed by atoms with Crippen molar-refractivity contribution in [3.05, 3.63) is 84.4 Å². The Morgan fingerprint density at radius 2 is 1.61 bits per heavy atom. The van der Waals surface area contributed by atoms with Crippen LogP contribution in [0.15, 0.2) is 78.9 Å². The van der Waals surface area contributed by atoms with E-state index in [4.69, 9.17) is 15.2 Å². The molecule has 0 aromatic heterocycles. The van der Waals surface area contributed by atoms with E-state index >= 15 is 0 Å². The third-order valence-corrected chi connectivity index (χ3v) is 4.42. The summed E-state index contributed by atoms with van der Waals surface area (Å²) in [7, 11) is 0. The van der Waals surface area contributed by atoms with Crippen LogP contribution >= 0.6 is 0 Å². The first-order valence-corrected chi connectivity index (χ1v) is 8.82. The number of anilines is 1. The lowest BCUT2D eigenvalue weighted by Gasteiger charge is -2.33. The second-order valence-corrected chi connectivity index (χ2v) is 6.30. The molecule has 3 aromatic carbocycles. The topological polar surface area (TPSA) is 81.9 Å². The van der Waals surface area contributed by atoms with Crippen molar-refractivity contribution in [1.29, 1.82) is 0 Å². The molecule has 3 aromatic rings. The second-order valence-electron chi connectivity index (χ2n) is 6.30. The molecule has 0 bridgehead atoms. The van der Waals surface area contributed by atoms with Crippen LogP contribution in [-0.2, 0) is 4.79 Å². The number of hydrogen-bond acceptors (Lipinski definition) is 4. The van der Waals surface area contributed by atoms with E-state index in [-0.39, 0.29) is 12.5 Å². The van der Waals surface area contributed by atoms with Gasteiger partial charge in [0.2, 0.25) is 0 Å². The first-order chi connectivity index (χ1) is 13.6. The second kappa shape index (κ2) is 7.44. The maximum Gasteiger partial charge on any atom is 0.262 e.